The van der Waals surface area contributed by atoms with Gasteiger partial charge in [-0.25, -0.2) is 0 Å². The Labute approximate surface area is 172 Å². The summed E-state index contributed by atoms with van der Waals surface area (Å²) in [6, 6.07) is 16.1. The van der Waals surface area contributed by atoms with E-state index in [-0.39, 0.29) is 5.91 Å². The lowest BCUT2D eigenvalue weighted by Gasteiger charge is -2.36. The average molecular weight is 441 g/mol. The van der Waals surface area contributed by atoms with Crippen molar-refractivity contribution in [3.05, 3.63) is 64.5 Å². The molecule has 0 aliphatic carbocycles. The van der Waals surface area contributed by atoms with Gasteiger partial charge in [-0.2, -0.15) is 4.98 Å². The van der Waals surface area contributed by atoms with Crippen molar-refractivity contribution in [3.8, 4) is 11.4 Å². The van der Waals surface area contributed by atoms with Crippen molar-refractivity contribution >= 4 is 27.5 Å². The molecule has 0 N–H and O–H groups in total. The van der Waals surface area contributed by atoms with Gasteiger partial charge in [0.15, 0.2) is 0 Å². The Kier molecular flexibility index (Phi) is 5.43. The zero-order valence-electron chi connectivity index (χ0n) is 15.6. The second kappa shape index (κ2) is 8.14. The first-order valence-corrected chi connectivity index (χ1v) is 10.1. The van der Waals surface area contributed by atoms with E-state index in [4.69, 9.17) is 4.52 Å². The molecule has 1 saturated heterocycles. The number of benzene rings is 2. The van der Waals surface area contributed by atoms with Crippen molar-refractivity contribution in [2.45, 2.75) is 13.3 Å². The monoisotopic (exact) mass is 440 g/mol. The summed E-state index contributed by atoms with van der Waals surface area (Å²) in [5, 5.41) is 3.95. The number of hydrogen-bond acceptors (Lipinski definition) is 5. The second-order valence-electron chi connectivity index (χ2n) is 6.85. The molecule has 0 radical (unpaired) electrons. The number of nitrogens with zero attached hydrogens (tertiary/aromatic N) is 4. The molecule has 6 nitrogen and oxygen atoms in total. The van der Waals surface area contributed by atoms with Crippen LogP contribution < -0.4 is 4.90 Å². The Bertz CT molecular complexity index is 945. The van der Waals surface area contributed by atoms with Crippen LogP contribution in [0, 0.1) is 6.92 Å². The maximum atomic E-state index is 12.6. The van der Waals surface area contributed by atoms with Gasteiger partial charge in [0.1, 0.15) is 0 Å². The van der Waals surface area contributed by atoms with Gasteiger partial charge >= 0.3 is 0 Å². The van der Waals surface area contributed by atoms with Gasteiger partial charge < -0.3 is 14.3 Å². The fraction of sp³-hybridized carbons (Fsp3) is 0.286. The molecule has 1 fully saturated rings. The minimum absolute atomic E-state index is 0.185. The molecule has 7 heteroatoms. The molecule has 2 heterocycles. The molecule has 1 aliphatic rings. The molecule has 0 bridgehead atoms. The van der Waals surface area contributed by atoms with E-state index in [1.807, 2.05) is 41.3 Å². The van der Waals surface area contributed by atoms with Crippen LogP contribution in [0.2, 0.25) is 0 Å². The lowest BCUT2D eigenvalue weighted by atomic mass is 10.1. The van der Waals surface area contributed by atoms with Crippen LogP contribution in [0.5, 0.6) is 0 Å². The number of amides is 1. The summed E-state index contributed by atoms with van der Waals surface area (Å²) >= 11 is 3.42. The van der Waals surface area contributed by atoms with Crippen LogP contribution in [-0.4, -0.2) is 47.1 Å². The Morgan fingerprint density at radius 1 is 1.04 bits per heavy atom. The maximum absolute atomic E-state index is 12.6. The topological polar surface area (TPSA) is 62.5 Å². The summed E-state index contributed by atoms with van der Waals surface area (Å²) in [4.78, 5) is 21.1. The van der Waals surface area contributed by atoms with Gasteiger partial charge in [-0.3, -0.25) is 4.79 Å². The quantitative estimate of drug-likeness (QED) is 0.618. The summed E-state index contributed by atoms with van der Waals surface area (Å²) in [5.74, 6) is 1.35. The summed E-state index contributed by atoms with van der Waals surface area (Å²) in [6.07, 6.45) is 0.450. The highest BCUT2D eigenvalue weighted by Gasteiger charge is 2.21. The number of carbonyl (C=O) groups excluding carboxylic acids is 1. The van der Waals surface area contributed by atoms with E-state index < -0.39 is 0 Å². The van der Waals surface area contributed by atoms with Gasteiger partial charge in [-0.05, 0) is 42.0 Å². The van der Waals surface area contributed by atoms with E-state index in [1.54, 1.807) is 6.92 Å². The number of halogens is 1. The zero-order valence-corrected chi connectivity index (χ0v) is 17.2. The van der Waals surface area contributed by atoms with Gasteiger partial charge in [0.05, 0.1) is 6.42 Å². The molecular formula is C21H21BrN4O2. The summed E-state index contributed by atoms with van der Waals surface area (Å²) in [7, 11) is 0. The van der Waals surface area contributed by atoms with Crippen LogP contribution in [0.15, 0.2) is 57.5 Å². The van der Waals surface area contributed by atoms with Crippen LogP contribution in [-0.2, 0) is 11.2 Å². The number of aryl methyl sites for hydroxylation is 1. The molecule has 4 rings (SSSR count). The molecule has 1 amide bonds. The minimum atomic E-state index is 0.185. The predicted octanol–water partition coefficient (Wildman–Crippen LogP) is 3.70. The van der Waals surface area contributed by atoms with E-state index in [9.17, 15) is 4.79 Å². The van der Waals surface area contributed by atoms with E-state index in [1.165, 1.54) is 0 Å². The Balaban J connectivity index is 1.33. The molecule has 2 aromatic carbocycles. The van der Waals surface area contributed by atoms with Crippen LogP contribution in [0.3, 0.4) is 0 Å². The Morgan fingerprint density at radius 2 is 1.71 bits per heavy atom. The first-order chi connectivity index (χ1) is 13.6. The fourth-order valence-corrected chi connectivity index (χ4v) is 3.60. The first kappa shape index (κ1) is 18.7. The van der Waals surface area contributed by atoms with Crippen LogP contribution in [0.4, 0.5) is 5.69 Å². The van der Waals surface area contributed by atoms with Crippen LogP contribution in [0.1, 0.15) is 11.5 Å². The third-order valence-corrected chi connectivity index (χ3v) is 5.45. The molecule has 1 aliphatic heterocycles. The predicted molar refractivity (Wildman–Crippen MR) is 111 cm³/mol. The number of aromatic nitrogens is 2. The van der Waals surface area contributed by atoms with Crippen molar-refractivity contribution in [2.24, 2.45) is 0 Å². The van der Waals surface area contributed by atoms with Crippen molar-refractivity contribution in [1.82, 2.24) is 15.0 Å². The SMILES string of the molecule is Cc1nc(-c2ccc(N3CCN(C(=O)Cc4ccc(Br)cc4)CC3)cc2)no1. The summed E-state index contributed by atoms with van der Waals surface area (Å²) < 4.78 is 6.06. The largest absolute Gasteiger partial charge is 0.368 e. The minimum Gasteiger partial charge on any atom is -0.368 e. The molecule has 0 atom stereocenters. The van der Waals surface area contributed by atoms with Gasteiger partial charge in [0.25, 0.3) is 0 Å². The smallest absolute Gasteiger partial charge is 0.227 e. The van der Waals surface area contributed by atoms with Gasteiger partial charge in [0.2, 0.25) is 17.6 Å². The molecule has 144 valence electrons. The lowest BCUT2D eigenvalue weighted by molar-refractivity contribution is -0.130. The van der Waals surface area contributed by atoms with E-state index >= 15 is 0 Å². The second-order valence-corrected chi connectivity index (χ2v) is 7.77. The van der Waals surface area contributed by atoms with Crippen molar-refractivity contribution in [1.29, 1.82) is 0 Å². The standard InChI is InChI=1S/C21H21BrN4O2/c1-15-23-21(24-28-15)17-4-8-19(9-5-17)25-10-12-26(13-11-25)20(27)14-16-2-6-18(22)7-3-16/h2-9H,10-14H2,1H3. The highest BCUT2D eigenvalue weighted by molar-refractivity contribution is 9.10. The third-order valence-electron chi connectivity index (χ3n) is 4.92. The van der Waals surface area contributed by atoms with Gasteiger partial charge in [0, 0.05) is 48.8 Å². The van der Waals surface area contributed by atoms with E-state index in [0.717, 1.165) is 47.5 Å². The molecule has 28 heavy (non-hydrogen) atoms. The molecule has 0 spiro atoms. The van der Waals surface area contributed by atoms with Crippen LogP contribution in [0.25, 0.3) is 11.4 Å². The highest BCUT2D eigenvalue weighted by atomic mass is 79.9. The number of carbonyl (C=O) groups is 1. The van der Waals surface area contributed by atoms with Gasteiger partial charge in [-0.1, -0.05) is 33.2 Å². The number of rotatable bonds is 4. The maximum Gasteiger partial charge on any atom is 0.227 e. The summed E-state index contributed by atoms with van der Waals surface area (Å²) in [5.41, 5.74) is 3.12. The van der Waals surface area contributed by atoms with Gasteiger partial charge in [-0.15, -0.1) is 0 Å². The van der Waals surface area contributed by atoms with E-state index in [0.29, 0.717) is 18.1 Å². The molecular weight excluding hydrogens is 420 g/mol. The van der Waals surface area contributed by atoms with Crippen molar-refractivity contribution in [2.75, 3.05) is 31.1 Å². The average Bonchev–Trinajstić information content (AvgIpc) is 3.16. The molecule has 1 aromatic heterocycles. The molecule has 3 aromatic rings. The van der Waals surface area contributed by atoms with Crippen LogP contribution >= 0.6 is 15.9 Å². The zero-order chi connectivity index (χ0) is 19.5. The van der Waals surface area contributed by atoms with E-state index in [2.05, 4.69) is 43.1 Å². The lowest BCUT2D eigenvalue weighted by Crippen LogP contribution is -2.49. The first-order valence-electron chi connectivity index (χ1n) is 9.26. The Morgan fingerprint density at radius 3 is 2.32 bits per heavy atom. The third kappa shape index (κ3) is 4.25. The highest BCUT2D eigenvalue weighted by Crippen LogP contribution is 2.22. The van der Waals surface area contributed by atoms with Crippen molar-refractivity contribution < 1.29 is 9.32 Å². The number of hydrogen-bond donors (Lipinski definition) is 0. The normalized spacial score (nSPS) is 14.4. The van der Waals surface area contributed by atoms with Crippen molar-refractivity contribution in [3.63, 3.8) is 0 Å². The Hall–Kier alpha value is -2.67. The molecule has 0 unspecified atom stereocenters. The molecule has 0 saturated carbocycles. The number of anilines is 1. The summed E-state index contributed by atoms with van der Waals surface area (Å²) in [6.45, 7) is 4.91. The number of piperazine rings is 1. The fourth-order valence-electron chi connectivity index (χ4n) is 3.34.